The molecule has 1 aromatic carbocycles. The van der Waals surface area contributed by atoms with Gasteiger partial charge >= 0.3 is 0 Å². The number of hydrogen-bond donors (Lipinski definition) is 1. The molecule has 134 valence electrons. The molecule has 6 nitrogen and oxygen atoms in total. The van der Waals surface area contributed by atoms with Gasteiger partial charge in [-0.25, -0.2) is 4.39 Å². The largest absolute Gasteiger partial charge is 0.437 e. The van der Waals surface area contributed by atoms with Crippen molar-refractivity contribution in [2.24, 2.45) is 0 Å². The molecule has 0 unspecified atom stereocenters. The third-order valence-corrected chi connectivity index (χ3v) is 5.15. The van der Waals surface area contributed by atoms with Crippen molar-refractivity contribution in [2.75, 3.05) is 13.1 Å². The number of H-pyrrole nitrogens is 1. The topological polar surface area (TPSA) is 71.1 Å². The van der Waals surface area contributed by atoms with E-state index >= 15 is 0 Å². The van der Waals surface area contributed by atoms with Gasteiger partial charge in [-0.15, -0.1) is 16.4 Å². The third kappa shape index (κ3) is 3.60. The second-order valence-electron chi connectivity index (χ2n) is 6.18. The highest BCUT2D eigenvalue weighted by Gasteiger charge is 2.27. The zero-order chi connectivity index (χ0) is 17.9. The summed E-state index contributed by atoms with van der Waals surface area (Å²) in [4.78, 5) is 19.0. The highest BCUT2D eigenvalue weighted by molar-refractivity contribution is 7.11. The molecule has 0 saturated carbocycles. The van der Waals surface area contributed by atoms with Gasteiger partial charge < -0.3 is 9.64 Å². The number of aromatic nitrogens is 3. The van der Waals surface area contributed by atoms with Gasteiger partial charge in [0.15, 0.2) is 0 Å². The van der Waals surface area contributed by atoms with Crippen LogP contribution in [-0.2, 0) is 0 Å². The molecule has 0 spiro atoms. The number of nitrogens with one attached hydrogen (secondary N) is 1. The molecule has 1 fully saturated rings. The second-order valence-corrected chi connectivity index (χ2v) is 7.06. The average Bonchev–Trinajstić information content (AvgIpc) is 3.33. The number of carbonyl (C=O) groups is 1. The van der Waals surface area contributed by atoms with Gasteiger partial charge in [-0.3, -0.25) is 14.9 Å². The zero-order valence-corrected chi connectivity index (χ0v) is 14.7. The number of aromatic amines is 1. The Hall–Kier alpha value is -2.74. The molecular formula is C18H17FN4O2S. The lowest BCUT2D eigenvalue weighted by Crippen LogP contribution is -2.38. The van der Waals surface area contributed by atoms with E-state index in [1.807, 2.05) is 11.0 Å². The molecule has 1 N–H and O–H groups in total. The molecule has 4 rings (SSSR count). The Labute approximate surface area is 153 Å². The number of piperidine rings is 1. The second kappa shape index (κ2) is 7.25. The molecule has 0 bridgehead atoms. The molecule has 8 heteroatoms. The predicted octanol–water partition coefficient (Wildman–Crippen LogP) is 3.82. The van der Waals surface area contributed by atoms with Crippen LogP contribution in [0.2, 0.25) is 0 Å². The average molecular weight is 372 g/mol. The van der Waals surface area contributed by atoms with Crippen LogP contribution < -0.4 is 4.74 Å². The van der Waals surface area contributed by atoms with Crippen LogP contribution in [0, 0.1) is 5.82 Å². The number of rotatable bonds is 4. The molecule has 0 radical (unpaired) electrons. The summed E-state index contributed by atoms with van der Waals surface area (Å²) in [5.41, 5.74) is 2.58. The summed E-state index contributed by atoms with van der Waals surface area (Å²) in [7, 11) is 0. The molecule has 0 aliphatic carbocycles. The van der Waals surface area contributed by atoms with Crippen molar-refractivity contribution in [3.63, 3.8) is 0 Å². The highest BCUT2D eigenvalue weighted by Crippen LogP contribution is 2.30. The van der Waals surface area contributed by atoms with E-state index < -0.39 is 0 Å². The molecular weight excluding hydrogens is 355 g/mol. The maximum absolute atomic E-state index is 13.3. The van der Waals surface area contributed by atoms with Crippen molar-refractivity contribution < 1.29 is 13.9 Å². The van der Waals surface area contributed by atoms with Gasteiger partial charge in [0.1, 0.15) is 16.4 Å². The van der Waals surface area contributed by atoms with Crippen LogP contribution in [0.1, 0.15) is 34.1 Å². The summed E-state index contributed by atoms with van der Waals surface area (Å²) in [6.45, 7) is 1.37. The molecule has 2 aromatic heterocycles. The van der Waals surface area contributed by atoms with Crippen molar-refractivity contribution in [2.45, 2.75) is 18.8 Å². The van der Waals surface area contributed by atoms with Crippen LogP contribution in [0.25, 0.3) is 0 Å². The minimum absolute atomic E-state index is 0.0212. The zero-order valence-electron chi connectivity index (χ0n) is 13.9. The number of likely N-dealkylation sites (tertiary alicyclic amines) is 1. The number of hydrogen-bond acceptors (Lipinski definition) is 5. The molecule has 1 saturated heterocycles. The van der Waals surface area contributed by atoms with E-state index in [0.717, 1.165) is 25.1 Å². The molecule has 1 atom stereocenters. The Bertz CT molecular complexity index is 896. The summed E-state index contributed by atoms with van der Waals surface area (Å²) in [6, 6.07) is 7.75. The predicted molar refractivity (Wildman–Crippen MR) is 95.1 cm³/mol. The van der Waals surface area contributed by atoms with Crippen molar-refractivity contribution in [3.8, 4) is 11.6 Å². The summed E-state index contributed by atoms with van der Waals surface area (Å²) in [5.74, 6) is 0.610. The number of halogens is 1. The lowest BCUT2D eigenvalue weighted by Gasteiger charge is -2.31. The molecule has 3 heterocycles. The molecule has 1 aliphatic heterocycles. The summed E-state index contributed by atoms with van der Waals surface area (Å²) in [5, 5.41) is 7.14. The highest BCUT2D eigenvalue weighted by atomic mass is 32.1. The van der Waals surface area contributed by atoms with Crippen molar-refractivity contribution >= 4 is 17.2 Å². The number of nitrogens with zero attached hydrogens (tertiary/aromatic N) is 3. The maximum Gasteiger partial charge on any atom is 0.265 e. The van der Waals surface area contributed by atoms with E-state index in [2.05, 4.69) is 15.2 Å². The van der Waals surface area contributed by atoms with Crippen LogP contribution in [0.15, 0.2) is 42.0 Å². The summed E-state index contributed by atoms with van der Waals surface area (Å²) >= 11 is 1.36. The van der Waals surface area contributed by atoms with Gasteiger partial charge in [0.2, 0.25) is 5.88 Å². The number of carbonyl (C=O) groups excluding carboxylic acids is 1. The first-order chi connectivity index (χ1) is 12.7. The van der Waals surface area contributed by atoms with Gasteiger partial charge in [-0.2, -0.15) is 0 Å². The molecule has 1 amide bonds. The van der Waals surface area contributed by atoms with Gasteiger partial charge in [0.25, 0.3) is 5.91 Å². The normalized spacial score (nSPS) is 17.3. The van der Waals surface area contributed by atoms with Crippen molar-refractivity contribution in [1.29, 1.82) is 0 Å². The van der Waals surface area contributed by atoms with E-state index in [9.17, 15) is 9.18 Å². The van der Waals surface area contributed by atoms with Crippen molar-refractivity contribution in [3.05, 3.63) is 58.4 Å². The minimum atomic E-state index is -0.359. The van der Waals surface area contributed by atoms with Crippen molar-refractivity contribution in [1.82, 2.24) is 20.1 Å². The SMILES string of the molecule is O=C(c1cncs1)N1CCC[C@H](c2cc(Oc3cccc(F)c3)n[nH]2)C1. The van der Waals surface area contributed by atoms with E-state index in [1.54, 1.807) is 23.8 Å². The number of amides is 1. The Kier molecular flexibility index (Phi) is 4.66. The quantitative estimate of drug-likeness (QED) is 0.756. The van der Waals surface area contributed by atoms with Crippen LogP contribution in [0.5, 0.6) is 11.6 Å². The lowest BCUT2D eigenvalue weighted by atomic mass is 9.95. The summed E-state index contributed by atoms with van der Waals surface area (Å²) < 4.78 is 18.8. The van der Waals surface area contributed by atoms with E-state index in [1.165, 1.54) is 23.5 Å². The van der Waals surface area contributed by atoms with E-state index in [0.29, 0.717) is 23.1 Å². The summed E-state index contributed by atoms with van der Waals surface area (Å²) in [6.07, 6.45) is 3.50. The van der Waals surface area contributed by atoms with Gasteiger partial charge in [0.05, 0.1) is 11.7 Å². The van der Waals surface area contributed by atoms with Crippen LogP contribution in [-0.4, -0.2) is 39.1 Å². The van der Waals surface area contributed by atoms with Gasteiger partial charge in [-0.05, 0) is 25.0 Å². The van der Waals surface area contributed by atoms with Gasteiger partial charge in [0, 0.05) is 36.8 Å². The Balaban J connectivity index is 1.44. The Morgan fingerprint density at radius 3 is 3.12 bits per heavy atom. The van der Waals surface area contributed by atoms with Crippen LogP contribution >= 0.6 is 11.3 Å². The number of thiazole rings is 1. The van der Waals surface area contributed by atoms with Crippen LogP contribution in [0.3, 0.4) is 0 Å². The van der Waals surface area contributed by atoms with Crippen LogP contribution in [0.4, 0.5) is 4.39 Å². The van der Waals surface area contributed by atoms with E-state index in [-0.39, 0.29) is 17.6 Å². The Morgan fingerprint density at radius 1 is 1.38 bits per heavy atom. The third-order valence-electron chi connectivity index (χ3n) is 4.38. The van der Waals surface area contributed by atoms with E-state index in [4.69, 9.17) is 4.74 Å². The fourth-order valence-electron chi connectivity index (χ4n) is 3.12. The smallest absolute Gasteiger partial charge is 0.265 e. The minimum Gasteiger partial charge on any atom is -0.437 e. The standard InChI is InChI=1S/C18H17FN4O2S/c19-13-4-1-5-14(7-13)25-17-8-15(21-22-17)12-3-2-6-23(10-12)18(24)16-9-20-11-26-16/h1,4-5,7-9,11-12H,2-3,6,10H2,(H,21,22)/t12-/m0/s1. The monoisotopic (exact) mass is 372 g/mol. The molecule has 3 aromatic rings. The first kappa shape index (κ1) is 16.7. The number of benzene rings is 1. The maximum atomic E-state index is 13.3. The first-order valence-corrected chi connectivity index (χ1v) is 9.23. The fourth-order valence-corrected chi connectivity index (χ4v) is 3.71. The molecule has 1 aliphatic rings. The fraction of sp³-hybridized carbons (Fsp3) is 0.278. The first-order valence-electron chi connectivity index (χ1n) is 8.35. The number of ether oxygens (including phenoxy) is 1. The lowest BCUT2D eigenvalue weighted by molar-refractivity contribution is 0.0710. The Morgan fingerprint density at radius 2 is 2.31 bits per heavy atom. The molecule has 26 heavy (non-hydrogen) atoms. The van der Waals surface area contributed by atoms with Gasteiger partial charge in [-0.1, -0.05) is 6.07 Å².